The summed E-state index contributed by atoms with van der Waals surface area (Å²) in [5, 5.41) is 0.0942. The first kappa shape index (κ1) is 13.7. The Kier molecular flexibility index (Phi) is 4.21. The first-order valence-corrected chi connectivity index (χ1v) is 7.68. The van der Waals surface area contributed by atoms with Gasteiger partial charge in [-0.15, -0.1) is 0 Å². The molecule has 1 aromatic rings. The van der Waals surface area contributed by atoms with E-state index in [0.717, 1.165) is 12.8 Å². The molecule has 0 amide bonds. The Balaban J connectivity index is 2.29. The monoisotopic (exact) mass is 289 g/mol. The number of hydrogen-bond donors (Lipinski definition) is 1. The fraction of sp³-hybridized carbons (Fsp3) is 0.545. The van der Waals surface area contributed by atoms with Crippen molar-refractivity contribution < 1.29 is 8.42 Å². The summed E-state index contributed by atoms with van der Waals surface area (Å²) in [6.07, 6.45) is 3.23. The summed E-state index contributed by atoms with van der Waals surface area (Å²) in [7, 11) is -3.60. The molecule has 0 bridgehead atoms. The average molecular weight is 290 g/mol. The number of nitrogens with zero attached hydrogens (tertiary/aromatic N) is 2. The molecule has 1 unspecified atom stereocenters. The molecule has 7 heteroatoms. The largest absolute Gasteiger partial charge is 0.330 e. The van der Waals surface area contributed by atoms with E-state index in [1.807, 2.05) is 0 Å². The van der Waals surface area contributed by atoms with Crippen LogP contribution in [0.25, 0.3) is 0 Å². The van der Waals surface area contributed by atoms with E-state index in [2.05, 4.69) is 4.98 Å². The molecule has 0 radical (unpaired) electrons. The van der Waals surface area contributed by atoms with Crippen molar-refractivity contribution >= 4 is 21.6 Å². The van der Waals surface area contributed by atoms with Gasteiger partial charge in [0, 0.05) is 19.3 Å². The highest BCUT2D eigenvalue weighted by atomic mass is 35.5. The second-order valence-corrected chi connectivity index (χ2v) is 6.66. The molecule has 1 atom stereocenters. The summed E-state index contributed by atoms with van der Waals surface area (Å²) in [5.74, 6) is 0.219. The van der Waals surface area contributed by atoms with Crippen LogP contribution in [-0.2, 0) is 10.0 Å². The van der Waals surface area contributed by atoms with Gasteiger partial charge in [0.15, 0.2) is 5.03 Å². The molecular weight excluding hydrogens is 274 g/mol. The van der Waals surface area contributed by atoms with Crippen LogP contribution < -0.4 is 5.73 Å². The standard InChI is InChI=1S/C11H16ClN3O2S/c12-10-4-1-5-14-11(10)18(16,17)15-6-2-3-9(7-13)8-15/h1,4-5,9H,2-3,6-8,13H2. The van der Waals surface area contributed by atoms with Crippen molar-refractivity contribution in [1.29, 1.82) is 0 Å². The third-order valence-electron chi connectivity index (χ3n) is 3.12. The van der Waals surface area contributed by atoms with Crippen LogP contribution in [0.2, 0.25) is 5.02 Å². The van der Waals surface area contributed by atoms with Crippen LogP contribution in [0.1, 0.15) is 12.8 Å². The number of sulfonamides is 1. The zero-order valence-electron chi connectivity index (χ0n) is 9.92. The van der Waals surface area contributed by atoms with E-state index in [1.54, 1.807) is 6.07 Å². The SMILES string of the molecule is NCC1CCCN(S(=O)(=O)c2ncccc2Cl)C1. The van der Waals surface area contributed by atoms with E-state index in [0.29, 0.717) is 19.6 Å². The van der Waals surface area contributed by atoms with E-state index in [1.165, 1.54) is 16.6 Å². The van der Waals surface area contributed by atoms with Crippen molar-refractivity contribution in [1.82, 2.24) is 9.29 Å². The van der Waals surface area contributed by atoms with Crippen LogP contribution in [0.3, 0.4) is 0 Å². The molecule has 1 saturated heterocycles. The number of aromatic nitrogens is 1. The quantitative estimate of drug-likeness (QED) is 0.904. The highest BCUT2D eigenvalue weighted by Gasteiger charge is 2.31. The summed E-state index contributed by atoms with van der Waals surface area (Å²) in [6.45, 7) is 1.46. The number of hydrogen-bond acceptors (Lipinski definition) is 4. The molecule has 18 heavy (non-hydrogen) atoms. The van der Waals surface area contributed by atoms with Crippen LogP contribution in [0.5, 0.6) is 0 Å². The van der Waals surface area contributed by atoms with Crippen molar-refractivity contribution in [3.05, 3.63) is 23.4 Å². The first-order valence-electron chi connectivity index (χ1n) is 5.86. The lowest BCUT2D eigenvalue weighted by atomic mass is 10.0. The van der Waals surface area contributed by atoms with Gasteiger partial charge in [0.1, 0.15) is 0 Å². The molecule has 2 N–H and O–H groups in total. The number of piperidine rings is 1. The minimum Gasteiger partial charge on any atom is -0.330 e. The first-order chi connectivity index (χ1) is 8.55. The van der Waals surface area contributed by atoms with E-state index in [9.17, 15) is 8.42 Å². The number of rotatable bonds is 3. The number of halogens is 1. The topological polar surface area (TPSA) is 76.3 Å². The van der Waals surface area contributed by atoms with Gasteiger partial charge in [-0.3, -0.25) is 0 Å². The van der Waals surface area contributed by atoms with Gasteiger partial charge in [0.25, 0.3) is 10.0 Å². The van der Waals surface area contributed by atoms with Gasteiger partial charge in [-0.1, -0.05) is 11.6 Å². The van der Waals surface area contributed by atoms with Gasteiger partial charge in [0.2, 0.25) is 0 Å². The lowest BCUT2D eigenvalue weighted by Gasteiger charge is -2.31. The Morgan fingerprint density at radius 3 is 3.00 bits per heavy atom. The summed E-state index contributed by atoms with van der Waals surface area (Å²) >= 11 is 5.91. The summed E-state index contributed by atoms with van der Waals surface area (Å²) < 4.78 is 26.2. The third-order valence-corrected chi connectivity index (χ3v) is 5.37. The van der Waals surface area contributed by atoms with Crippen LogP contribution >= 0.6 is 11.6 Å². The molecule has 0 aliphatic carbocycles. The molecule has 2 heterocycles. The molecular formula is C11H16ClN3O2S. The van der Waals surface area contributed by atoms with E-state index < -0.39 is 10.0 Å². The van der Waals surface area contributed by atoms with E-state index in [4.69, 9.17) is 17.3 Å². The zero-order chi connectivity index (χ0) is 13.2. The highest BCUT2D eigenvalue weighted by Crippen LogP contribution is 2.26. The Bertz CT molecular complexity index is 521. The average Bonchev–Trinajstić information content (AvgIpc) is 2.39. The molecule has 2 rings (SSSR count). The number of nitrogens with two attached hydrogens (primary N) is 1. The van der Waals surface area contributed by atoms with Gasteiger partial charge in [-0.25, -0.2) is 13.4 Å². The summed E-state index contributed by atoms with van der Waals surface area (Å²) in [4.78, 5) is 3.88. The van der Waals surface area contributed by atoms with E-state index in [-0.39, 0.29) is 16.0 Å². The predicted octanol–water partition coefficient (Wildman–Crippen LogP) is 1.09. The zero-order valence-corrected chi connectivity index (χ0v) is 11.5. The lowest BCUT2D eigenvalue weighted by Crippen LogP contribution is -2.42. The minimum atomic E-state index is -3.60. The Morgan fingerprint density at radius 2 is 2.33 bits per heavy atom. The van der Waals surface area contributed by atoms with Crippen molar-refractivity contribution in [2.24, 2.45) is 11.7 Å². The molecule has 1 fully saturated rings. The molecule has 5 nitrogen and oxygen atoms in total. The van der Waals surface area contributed by atoms with Gasteiger partial charge in [-0.2, -0.15) is 4.31 Å². The van der Waals surface area contributed by atoms with Crippen LogP contribution in [0.15, 0.2) is 23.4 Å². The van der Waals surface area contributed by atoms with Crippen molar-refractivity contribution in [2.75, 3.05) is 19.6 Å². The van der Waals surface area contributed by atoms with Crippen molar-refractivity contribution in [3.63, 3.8) is 0 Å². The normalized spacial score (nSPS) is 22.0. The molecule has 0 spiro atoms. The fourth-order valence-electron chi connectivity index (χ4n) is 2.12. The predicted molar refractivity (Wildman–Crippen MR) is 69.8 cm³/mol. The Hall–Kier alpha value is -0.690. The van der Waals surface area contributed by atoms with Gasteiger partial charge >= 0.3 is 0 Å². The number of pyridine rings is 1. The van der Waals surface area contributed by atoms with E-state index >= 15 is 0 Å². The van der Waals surface area contributed by atoms with Crippen molar-refractivity contribution in [2.45, 2.75) is 17.9 Å². The minimum absolute atomic E-state index is 0.0654. The summed E-state index contributed by atoms with van der Waals surface area (Å²) in [6, 6.07) is 3.14. The van der Waals surface area contributed by atoms with Gasteiger partial charge < -0.3 is 5.73 Å². The highest BCUT2D eigenvalue weighted by molar-refractivity contribution is 7.89. The van der Waals surface area contributed by atoms with Crippen LogP contribution in [0, 0.1) is 5.92 Å². The van der Waals surface area contributed by atoms with Crippen molar-refractivity contribution in [3.8, 4) is 0 Å². The smallest absolute Gasteiger partial charge is 0.262 e. The van der Waals surface area contributed by atoms with Crippen LogP contribution in [-0.4, -0.2) is 37.3 Å². The molecule has 0 saturated carbocycles. The molecule has 1 aromatic heterocycles. The second-order valence-electron chi connectivity index (χ2n) is 4.40. The maximum atomic E-state index is 12.4. The maximum absolute atomic E-state index is 12.4. The molecule has 0 aromatic carbocycles. The summed E-state index contributed by atoms with van der Waals surface area (Å²) in [5.41, 5.74) is 5.61. The maximum Gasteiger partial charge on any atom is 0.262 e. The fourth-order valence-corrected chi connectivity index (χ4v) is 4.06. The molecule has 100 valence electrons. The van der Waals surface area contributed by atoms with Crippen LogP contribution in [0.4, 0.5) is 0 Å². The second kappa shape index (κ2) is 5.52. The lowest BCUT2D eigenvalue weighted by molar-refractivity contribution is 0.271. The molecule has 1 aliphatic heterocycles. The van der Waals surface area contributed by atoms with Gasteiger partial charge in [0.05, 0.1) is 5.02 Å². The third kappa shape index (κ3) is 2.66. The molecule has 1 aliphatic rings. The van der Waals surface area contributed by atoms with Gasteiger partial charge in [-0.05, 0) is 37.4 Å². The Morgan fingerprint density at radius 1 is 1.56 bits per heavy atom. The Labute approximate surface area is 112 Å².